The van der Waals surface area contributed by atoms with Gasteiger partial charge in [-0.15, -0.1) is 10.2 Å². The Bertz CT molecular complexity index is 1240. The molecule has 1 N–H and O–H groups in total. The van der Waals surface area contributed by atoms with E-state index < -0.39 is 0 Å². The topological polar surface area (TPSA) is 85.6 Å². The zero-order valence-electron chi connectivity index (χ0n) is 17.2. The Hall–Kier alpha value is -2.56. The zero-order valence-corrected chi connectivity index (χ0v) is 21.2. The number of nitrogens with zero attached hydrogens (tertiary/aromatic N) is 5. The minimum Gasteiger partial charge on any atom is -0.323 e. The van der Waals surface area contributed by atoms with Crippen LogP contribution in [0.4, 0.5) is 5.69 Å². The molecule has 0 aliphatic carbocycles. The Balaban J connectivity index is 1.59. The van der Waals surface area contributed by atoms with Crippen LogP contribution in [0, 0.1) is 13.8 Å². The number of amides is 1. The van der Waals surface area contributed by atoms with Gasteiger partial charge in [0.25, 0.3) is 0 Å². The molecule has 1 amide bonds. The van der Waals surface area contributed by atoms with Gasteiger partial charge in [0.1, 0.15) is 5.69 Å². The molecule has 2 aromatic heterocycles. The van der Waals surface area contributed by atoms with Crippen molar-refractivity contribution in [2.45, 2.75) is 19.0 Å². The number of hydrogen-bond acceptors (Lipinski definition) is 6. The van der Waals surface area contributed by atoms with Crippen molar-refractivity contribution in [3.63, 3.8) is 0 Å². The number of thioether (sulfide) groups is 1. The van der Waals surface area contributed by atoms with E-state index >= 15 is 0 Å². The second-order valence-electron chi connectivity index (χ2n) is 7.01. The van der Waals surface area contributed by atoms with Crippen LogP contribution in [0.1, 0.15) is 11.1 Å². The molecule has 0 unspecified atom stereocenters. The predicted octanol–water partition coefficient (Wildman–Crippen LogP) is 5.60. The van der Waals surface area contributed by atoms with Gasteiger partial charge in [-0.2, -0.15) is 0 Å². The van der Waals surface area contributed by atoms with E-state index in [4.69, 9.17) is 0 Å². The number of rotatable bonds is 6. The molecule has 0 saturated carbocycles. The van der Waals surface area contributed by atoms with E-state index in [9.17, 15) is 4.79 Å². The summed E-state index contributed by atoms with van der Waals surface area (Å²) in [6.45, 7) is 4.02. The first kappa shape index (κ1) is 22.6. The quantitative estimate of drug-likeness (QED) is 0.302. The van der Waals surface area contributed by atoms with E-state index in [1.165, 1.54) is 11.8 Å². The average molecular weight is 574 g/mol. The lowest BCUT2D eigenvalue weighted by molar-refractivity contribution is -0.113. The highest BCUT2D eigenvalue weighted by molar-refractivity contribution is 9.11. The van der Waals surface area contributed by atoms with Crippen molar-refractivity contribution in [2.75, 3.05) is 11.1 Å². The van der Waals surface area contributed by atoms with E-state index in [0.717, 1.165) is 25.8 Å². The van der Waals surface area contributed by atoms with E-state index in [1.807, 2.05) is 54.8 Å². The molecule has 0 fully saturated rings. The first-order valence-electron chi connectivity index (χ1n) is 9.59. The monoisotopic (exact) mass is 572 g/mol. The van der Waals surface area contributed by atoms with Crippen LogP contribution in [0.3, 0.4) is 0 Å². The third-order valence-corrected chi connectivity index (χ3v) is 6.68. The van der Waals surface area contributed by atoms with Crippen LogP contribution < -0.4 is 5.32 Å². The molecular formula is C22H18Br2N6OS. The normalized spacial score (nSPS) is 10.9. The molecule has 0 atom stereocenters. The lowest BCUT2D eigenvalue weighted by atomic mass is 10.2. The van der Waals surface area contributed by atoms with Gasteiger partial charge in [0.15, 0.2) is 11.0 Å². The summed E-state index contributed by atoms with van der Waals surface area (Å²) >= 11 is 8.32. The smallest absolute Gasteiger partial charge is 0.234 e. The molecule has 0 aliphatic heterocycles. The summed E-state index contributed by atoms with van der Waals surface area (Å²) in [5.41, 5.74) is 4.41. The van der Waals surface area contributed by atoms with Gasteiger partial charge >= 0.3 is 0 Å². The van der Waals surface area contributed by atoms with Crippen LogP contribution in [0.2, 0.25) is 0 Å². The summed E-state index contributed by atoms with van der Waals surface area (Å²) in [5, 5.41) is 12.2. The van der Waals surface area contributed by atoms with Gasteiger partial charge in [0.05, 0.1) is 17.6 Å². The summed E-state index contributed by atoms with van der Waals surface area (Å²) in [6, 6.07) is 11.9. The number of anilines is 1. The van der Waals surface area contributed by atoms with Crippen molar-refractivity contribution in [3.05, 3.63) is 75.1 Å². The molecule has 4 rings (SSSR count). The summed E-state index contributed by atoms with van der Waals surface area (Å²) in [4.78, 5) is 21.2. The summed E-state index contributed by atoms with van der Waals surface area (Å²) in [6.07, 6.45) is 4.86. The number of benzene rings is 2. The Morgan fingerprint density at radius 3 is 2.41 bits per heavy atom. The molecule has 162 valence electrons. The van der Waals surface area contributed by atoms with Crippen molar-refractivity contribution in [1.82, 2.24) is 24.7 Å². The second-order valence-corrected chi connectivity index (χ2v) is 9.66. The summed E-state index contributed by atoms with van der Waals surface area (Å²) < 4.78 is 3.52. The number of aromatic nitrogens is 5. The minimum atomic E-state index is -0.153. The molecule has 2 heterocycles. The van der Waals surface area contributed by atoms with Crippen molar-refractivity contribution >= 4 is 55.2 Å². The highest BCUT2D eigenvalue weighted by Gasteiger charge is 2.19. The lowest BCUT2D eigenvalue weighted by Gasteiger charge is -2.12. The van der Waals surface area contributed by atoms with Gasteiger partial charge < -0.3 is 5.32 Å². The van der Waals surface area contributed by atoms with E-state index in [-0.39, 0.29) is 11.7 Å². The van der Waals surface area contributed by atoms with Crippen LogP contribution in [0.25, 0.3) is 17.2 Å². The van der Waals surface area contributed by atoms with E-state index in [1.54, 1.807) is 18.6 Å². The summed E-state index contributed by atoms with van der Waals surface area (Å²) in [7, 11) is 0. The maximum Gasteiger partial charge on any atom is 0.234 e. The Labute approximate surface area is 206 Å². The maximum absolute atomic E-state index is 12.7. The average Bonchev–Trinajstić information content (AvgIpc) is 3.20. The van der Waals surface area contributed by atoms with E-state index in [2.05, 4.69) is 57.3 Å². The Kier molecular flexibility index (Phi) is 7.02. The van der Waals surface area contributed by atoms with Crippen molar-refractivity contribution in [2.24, 2.45) is 0 Å². The zero-order chi connectivity index (χ0) is 22.7. The number of aryl methyl sites for hydroxylation is 2. The van der Waals surface area contributed by atoms with Crippen LogP contribution in [-0.2, 0) is 4.79 Å². The van der Waals surface area contributed by atoms with Crippen molar-refractivity contribution < 1.29 is 4.79 Å². The molecular weight excluding hydrogens is 556 g/mol. The molecule has 0 saturated heterocycles. The summed E-state index contributed by atoms with van der Waals surface area (Å²) in [5.74, 6) is 0.575. The van der Waals surface area contributed by atoms with Gasteiger partial charge in [-0.1, -0.05) is 29.5 Å². The van der Waals surface area contributed by atoms with Crippen LogP contribution in [-0.4, -0.2) is 36.4 Å². The standard InChI is InChI=1S/C22H18Br2N6OS/c1-13-3-5-15(6-4-13)30-21(18-11-25-7-8-26-18)28-29-22(30)32-12-19(31)27-20-16(23)9-14(2)10-17(20)24/h3-11H,12H2,1-2H3,(H,27,31). The Morgan fingerprint density at radius 2 is 1.75 bits per heavy atom. The van der Waals surface area contributed by atoms with Crippen LogP contribution >= 0.6 is 43.6 Å². The minimum absolute atomic E-state index is 0.153. The third-order valence-electron chi connectivity index (χ3n) is 4.50. The van der Waals surface area contributed by atoms with Crippen LogP contribution in [0.15, 0.2) is 69.1 Å². The van der Waals surface area contributed by atoms with Crippen LogP contribution in [0.5, 0.6) is 0 Å². The number of halogens is 2. The van der Waals surface area contributed by atoms with Gasteiger partial charge in [-0.3, -0.25) is 14.3 Å². The van der Waals surface area contributed by atoms with Gasteiger partial charge in [0.2, 0.25) is 5.91 Å². The van der Waals surface area contributed by atoms with Crippen molar-refractivity contribution in [3.8, 4) is 17.2 Å². The molecule has 4 aromatic rings. The molecule has 0 spiro atoms. The van der Waals surface area contributed by atoms with E-state index in [0.29, 0.717) is 22.4 Å². The second kappa shape index (κ2) is 9.93. The fourth-order valence-electron chi connectivity index (χ4n) is 3.00. The fourth-order valence-corrected chi connectivity index (χ4v) is 5.36. The van der Waals surface area contributed by atoms with Gasteiger partial charge in [-0.05, 0) is 75.5 Å². The molecule has 0 bridgehead atoms. The number of carbonyl (C=O) groups excluding carboxylic acids is 1. The SMILES string of the molecule is Cc1ccc(-n2c(SCC(=O)Nc3c(Br)cc(C)cc3Br)nnc2-c2cnccn2)cc1. The number of hydrogen-bond donors (Lipinski definition) is 1. The molecule has 2 aromatic carbocycles. The first-order valence-corrected chi connectivity index (χ1v) is 12.2. The molecule has 32 heavy (non-hydrogen) atoms. The molecule has 0 aliphatic rings. The maximum atomic E-state index is 12.7. The van der Waals surface area contributed by atoms with Gasteiger partial charge in [-0.25, -0.2) is 4.98 Å². The highest BCUT2D eigenvalue weighted by atomic mass is 79.9. The van der Waals surface area contributed by atoms with Crippen molar-refractivity contribution in [1.29, 1.82) is 0 Å². The predicted molar refractivity (Wildman–Crippen MR) is 133 cm³/mol. The first-order chi connectivity index (χ1) is 15.4. The molecule has 7 nitrogen and oxygen atoms in total. The number of nitrogens with one attached hydrogen (secondary N) is 1. The number of carbonyl (C=O) groups is 1. The Morgan fingerprint density at radius 1 is 1.03 bits per heavy atom. The molecule has 10 heteroatoms. The largest absolute Gasteiger partial charge is 0.323 e. The fraction of sp³-hybridized carbons (Fsp3) is 0.136. The third kappa shape index (κ3) is 5.08. The molecule has 0 radical (unpaired) electrons. The highest BCUT2D eigenvalue weighted by Crippen LogP contribution is 2.33. The lowest BCUT2D eigenvalue weighted by Crippen LogP contribution is -2.15. The van der Waals surface area contributed by atoms with Gasteiger partial charge in [0, 0.05) is 27.0 Å².